The second kappa shape index (κ2) is 9.38. The first-order valence-corrected chi connectivity index (χ1v) is 9.67. The number of hydrogen-bond donors (Lipinski definition) is 1. The van der Waals surface area contributed by atoms with Crippen LogP contribution in [-0.4, -0.2) is 43.2 Å². The van der Waals surface area contributed by atoms with E-state index in [1.54, 1.807) is 36.4 Å². The fourth-order valence-electron chi connectivity index (χ4n) is 3.02. The van der Waals surface area contributed by atoms with Crippen molar-refractivity contribution in [2.45, 2.75) is 26.4 Å². The van der Waals surface area contributed by atoms with E-state index in [1.165, 1.54) is 6.07 Å². The van der Waals surface area contributed by atoms with Gasteiger partial charge < -0.3 is 19.7 Å². The molecule has 8 nitrogen and oxygen atoms in total. The molecule has 0 saturated carbocycles. The number of nitrogens with one attached hydrogen (secondary N) is 1. The van der Waals surface area contributed by atoms with Crippen molar-refractivity contribution < 1.29 is 19.2 Å². The SMILES string of the molecule is CCC(C)Oc1ccc(C(=O)Nc2ccc(N3CCOCC3)c([N+](=O)[O-])c2)cc1. The molecule has 1 aliphatic heterocycles. The van der Waals surface area contributed by atoms with Gasteiger partial charge in [-0.25, -0.2) is 0 Å². The van der Waals surface area contributed by atoms with E-state index in [4.69, 9.17) is 9.47 Å². The normalized spacial score (nSPS) is 14.9. The van der Waals surface area contributed by atoms with Crippen LogP contribution in [0.3, 0.4) is 0 Å². The van der Waals surface area contributed by atoms with E-state index >= 15 is 0 Å². The van der Waals surface area contributed by atoms with E-state index in [0.29, 0.717) is 49.0 Å². The topological polar surface area (TPSA) is 93.9 Å². The fraction of sp³-hybridized carbons (Fsp3) is 0.381. The Bertz CT molecular complexity index is 863. The molecular formula is C21H25N3O5. The molecular weight excluding hydrogens is 374 g/mol. The van der Waals surface area contributed by atoms with Crippen LogP contribution in [-0.2, 0) is 4.74 Å². The molecule has 0 aromatic heterocycles. The lowest BCUT2D eigenvalue weighted by Gasteiger charge is -2.28. The maximum atomic E-state index is 12.5. The third-order valence-electron chi connectivity index (χ3n) is 4.81. The summed E-state index contributed by atoms with van der Waals surface area (Å²) in [6.07, 6.45) is 0.988. The molecule has 1 heterocycles. The van der Waals surface area contributed by atoms with Crippen LogP contribution in [0.4, 0.5) is 17.1 Å². The van der Waals surface area contributed by atoms with Gasteiger partial charge in [0.05, 0.1) is 24.2 Å². The first kappa shape index (κ1) is 20.6. The molecule has 1 fully saturated rings. The Hall–Kier alpha value is -3.13. The minimum absolute atomic E-state index is 0.0398. The summed E-state index contributed by atoms with van der Waals surface area (Å²) in [5, 5.41) is 14.3. The van der Waals surface area contributed by atoms with Crippen molar-refractivity contribution in [3.63, 3.8) is 0 Å². The van der Waals surface area contributed by atoms with Gasteiger partial charge in [0.25, 0.3) is 11.6 Å². The Kier molecular flexibility index (Phi) is 6.66. The number of amides is 1. The second-order valence-electron chi connectivity index (χ2n) is 6.88. The van der Waals surface area contributed by atoms with Gasteiger partial charge in [0.1, 0.15) is 11.4 Å². The first-order valence-electron chi connectivity index (χ1n) is 9.67. The predicted octanol–water partition coefficient (Wildman–Crippen LogP) is 3.86. The number of ether oxygens (including phenoxy) is 2. The van der Waals surface area contributed by atoms with E-state index < -0.39 is 4.92 Å². The van der Waals surface area contributed by atoms with Gasteiger partial charge in [-0.1, -0.05) is 6.92 Å². The lowest BCUT2D eigenvalue weighted by atomic mass is 10.1. The summed E-state index contributed by atoms with van der Waals surface area (Å²) in [4.78, 5) is 25.6. The number of rotatable bonds is 7. The standard InChI is InChI=1S/C21H25N3O5/c1-3-15(2)29-18-7-4-16(5-8-18)21(25)22-17-6-9-19(20(14-17)24(26)27)23-10-12-28-13-11-23/h4-9,14-15H,3,10-13H2,1-2H3,(H,22,25). The molecule has 2 aromatic carbocycles. The highest BCUT2D eigenvalue weighted by molar-refractivity contribution is 6.04. The number of nitro groups is 1. The maximum absolute atomic E-state index is 12.5. The third kappa shape index (κ3) is 5.23. The zero-order valence-electron chi connectivity index (χ0n) is 16.6. The van der Waals surface area contributed by atoms with Crippen LogP contribution in [0, 0.1) is 10.1 Å². The monoisotopic (exact) mass is 399 g/mol. The minimum atomic E-state index is -0.429. The Morgan fingerprint density at radius 1 is 1.24 bits per heavy atom. The molecule has 2 aromatic rings. The summed E-state index contributed by atoms with van der Waals surface area (Å²) in [5.74, 6) is 0.356. The molecule has 0 radical (unpaired) electrons. The summed E-state index contributed by atoms with van der Waals surface area (Å²) in [7, 11) is 0. The van der Waals surface area contributed by atoms with Crippen molar-refractivity contribution in [1.82, 2.24) is 0 Å². The molecule has 1 aliphatic rings. The number of morpholine rings is 1. The van der Waals surface area contributed by atoms with Gasteiger partial charge in [0, 0.05) is 30.4 Å². The van der Waals surface area contributed by atoms with Crippen molar-refractivity contribution >= 4 is 23.0 Å². The quantitative estimate of drug-likeness (QED) is 0.561. The number of benzene rings is 2. The molecule has 1 saturated heterocycles. The van der Waals surface area contributed by atoms with Gasteiger partial charge >= 0.3 is 0 Å². The number of hydrogen-bond acceptors (Lipinski definition) is 6. The number of nitro benzene ring substituents is 1. The highest BCUT2D eigenvalue weighted by Gasteiger charge is 2.22. The molecule has 1 N–H and O–H groups in total. The van der Waals surface area contributed by atoms with Crippen LogP contribution in [0.25, 0.3) is 0 Å². The average Bonchev–Trinajstić information content (AvgIpc) is 2.74. The lowest BCUT2D eigenvalue weighted by Crippen LogP contribution is -2.36. The van der Waals surface area contributed by atoms with Gasteiger partial charge in [-0.3, -0.25) is 14.9 Å². The van der Waals surface area contributed by atoms with Crippen LogP contribution >= 0.6 is 0 Å². The highest BCUT2D eigenvalue weighted by atomic mass is 16.6. The Morgan fingerprint density at radius 3 is 2.55 bits per heavy atom. The second-order valence-corrected chi connectivity index (χ2v) is 6.88. The molecule has 0 aliphatic carbocycles. The summed E-state index contributed by atoms with van der Waals surface area (Å²) < 4.78 is 11.0. The molecule has 154 valence electrons. The molecule has 1 amide bonds. The smallest absolute Gasteiger partial charge is 0.294 e. The van der Waals surface area contributed by atoms with E-state index in [-0.39, 0.29) is 17.7 Å². The lowest BCUT2D eigenvalue weighted by molar-refractivity contribution is -0.384. The minimum Gasteiger partial charge on any atom is -0.491 e. The van der Waals surface area contributed by atoms with Crippen LogP contribution in [0.1, 0.15) is 30.6 Å². The van der Waals surface area contributed by atoms with E-state index in [0.717, 1.165) is 6.42 Å². The predicted molar refractivity (Wildman–Crippen MR) is 111 cm³/mol. The maximum Gasteiger partial charge on any atom is 0.294 e. The summed E-state index contributed by atoms with van der Waals surface area (Å²) >= 11 is 0. The van der Waals surface area contributed by atoms with Crippen molar-refractivity contribution in [3.8, 4) is 5.75 Å². The van der Waals surface area contributed by atoms with Gasteiger partial charge in [-0.05, 0) is 49.7 Å². The van der Waals surface area contributed by atoms with Crippen LogP contribution in [0.2, 0.25) is 0 Å². The van der Waals surface area contributed by atoms with Gasteiger partial charge in [-0.2, -0.15) is 0 Å². The number of anilines is 2. The van der Waals surface area contributed by atoms with Crippen LogP contribution < -0.4 is 15.0 Å². The largest absolute Gasteiger partial charge is 0.491 e. The van der Waals surface area contributed by atoms with Crippen LogP contribution in [0.5, 0.6) is 5.75 Å². The molecule has 8 heteroatoms. The zero-order valence-corrected chi connectivity index (χ0v) is 16.6. The van der Waals surface area contributed by atoms with E-state index in [1.807, 2.05) is 18.7 Å². The summed E-state index contributed by atoms with van der Waals surface area (Å²) in [6.45, 7) is 6.28. The highest BCUT2D eigenvalue weighted by Crippen LogP contribution is 2.32. The molecule has 3 rings (SSSR count). The Labute approximate surface area is 169 Å². The molecule has 29 heavy (non-hydrogen) atoms. The molecule has 1 atom stereocenters. The summed E-state index contributed by atoms with van der Waals surface area (Å²) in [6, 6.07) is 11.6. The van der Waals surface area contributed by atoms with Crippen LogP contribution in [0.15, 0.2) is 42.5 Å². The summed E-state index contributed by atoms with van der Waals surface area (Å²) in [5.41, 5.74) is 1.31. The van der Waals surface area contributed by atoms with Gasteiger partial charge in [0.15, 0.2) is 0 Å². The number of nitrogens with zero attached hydrogens (tertiary/aromatic N) is 2. The van der Waals surface area contributed by atoms with E-state index in [2.05, 4.69) is 5.32 Å². The van der Waals surface area contributed by atoms with Crippen molar-refractivity contribution in [1.29, 1.82) is 0 Å². The van der Waals surface area contributed by atoms with E-state index in [9.17, 15) is 14.9 Å². The third-order valence-corrected chi connectivity index (χ3v) is 4.81. The molecule has 1 unspecified atom stereocenters. The first-order chi connectivity index (χ1) is 14.0. The molecule has 0 bridgehead atoms. The Morgan fingerprint density at radius 2 is 1.93 bits per heavy atom. The number of carbonyl (C=O) groups is 1. The average molecular weight is 399 g/mol. The zero-order chi connectivity index (χ0) is 20.8. The number of carbonyl (C=O) groups excluding carboxylic acids is 1. The van der Waals surface area contributed by atoms with Crippen molar-refractivity contribution in [3.05, 3.63) is 58.1 Å². The van der Waals surface area contributed by atoms with Gasteiger partial charge in [0.2, 0.25) is 0 Å². The molecule has 0 spiro atoms. The Balaban J connectivity index is 1.73. The van der Waals surface area contributed by atoms with Crippen molar-refractivity contribution in [2.24, 2.45) is 0 Å². The fourth-order valence-corrected chi connectivity index (χ4v) is 3.02. The van der Waals surface area contributed by atoms with Crippen molar-refractivity contribution in [2.75, 3.05) is 36.5 Å². The van der Waals surface area contributed by atoms with Gasteiger partial charge in [-0.15, -0.1) is 0 Å².